The standard InChI is InChI=1S/C28H29F4N3O2/c1-17-15-37-28-23(17)13-22(35-27(28)19-4-6-21(30)7-5-19)8-3-18-11-20(14-34-10-2-9-29)26(33)24(12-18)36-16-25(31)32/h4-7,11-14,17,25H,2-3,8-10,15-16,33H2,1H3. The molecule has 196 valence electrons. The Bertz CT molecular complexity index is 1250. The van der Waals surface area contributed by atoms with E-state index in [0.29, 0.717) is 43.0 Å². The van der Waals surface area contributed by atoms with Crippen molar-refractivity contribution in [2.24, 2.45) is 4.99 Å². The molecule has 0 radical (unpaired) electrons. The molecule has 0 amide bonds. The lowest BCUT2D eigenvalue weighted by atomic mass is 9.97. The lowest BCUT2D eigenvalue weighted by Gasteiger charge is -2.14. The van der Waals surface area contributed by atoms with E-state index in [2.05, 4.69) is 11.9 Å². The third-order valence-electron chi connectivity index (χ3n) is 6.10. The normalized spacial score (nSPS) is 14.8. The smallest absolute Gasteiger partial charge is 0.272 e. The van der Waals surface area contributed by atoms with Gasteiger partial charge in [-0.3, -0.25) is 9.38 Å². The molecule has 0 fully saturated rings. The molecule has 3 aromatic rings. The van der Waals surface area contributed by atoms with Crippen LogP contribution in [0.2, 0.25) is 0 Å². The van der Waals surface area contributed by atoms with Crippen molar-refractivity contribution < 1.29 is 27.0 Å². The topological polar surface area (TPSA) is 69.7 Å². The van der Waals surface area contributed by atoms with Gasteiger partial charge in [0.05, 0.1) is 19.0 Å². The lowest BCUT2D eigenvalue weighted by Crippen LogP contribution is -2.10. The van der Waals surface area contributed by atoms with Crippen molar-refractivity contribution in [1.29, 1.82) is 0 Å². The minimum Gasteiger partial charge on any atom is -0.490 e. The third kappa shape index (κ3) is 6.58. The highest BCUT2D eigenvalue weighted by molar-refractivity contribution is 5.89. The zero-order valence-corrected chi connectivity index (χ0v) is 20.5. The van der Waals surface area contributed by atoms with Gasteiger partial charge in [-0.25, -0.2) is 18.2 Å². The fourth-order valence-electron chi connectivity index (χ4n) is 4.17. The summed E-state index contributed by atoms with van der Waals surface area (Å²) in [6.07, 6.45) is 0.233. The Hall–Kier alpha value is -3.62. The fourth-order valence-corrected chi connectivity index (χ4v) is 4.17. The summed E-state index contributed by atoms with van der Waals surface area (Å²) in [5.41, 5.74) is 11.0. The second-order valence-electron chi connectivity index (χ2n) is 8.98. The second kappa shape index (κ2) is 12.1. The fraction of sp³-hybridized carbons (Fsp3) is 0.357. The third-order valence-corrected chi connectivity index (χ3v) is 6.10. The molecule has 1 aliphatic rings. The van der Waals surface area contributed by atoms with Gasteiger partial charge in [0.1, 0.15) is 29.6 Å². The van der Waals surface area contributed by atoms with Crippen LogP contribution < -0.4 is 15.2 Å². The number of anilines is 1. The van der Waals surface area contributed by atoms with Gasteiger partial charge in [-0.15, -0.1) is 0 Å². The molecule has 0 bridgehead atoms. The first-order chi connectivity index (χ1) is 17.9. The van der Waals surface area contributed by atoms with Crippen molar-refractivity contribution in [3.05, 3.63) is 70.7 Å². The molecule has 0 saturated heterocycles. The molecule has 0 aliphatic carbocycles. The summed E-state index contributed by atoms with van der Waals surface area (Å²) in [5, 5.41) is 0. The molecular formula is C28H29F4N3O2. The molecule has 2 N–H and O–H groups in total. The summed E-state index contributed by atoms with van der Waals surface area (Å²) in [4.78, 5) is 9.01. The van der Waals surface area contributed by atoms with Crippen LogP contribution in [0.15, 0.2) is 47.5 Å². The van der Waals surface area contributed by atoms with E-state index in [1.807, 2.05) is 12.1 Å². The average Bonchev–Trinajstić information content (AvgIpc) is 3.26. The zero-order chi connectivity index (χ0) is 26.4. The number of halogens is 4. The van der Waals surface area contributed by atoms with E-state index in [1.165, 1.54) is 18.3 Å². The van der Waals surface area contributed by atoms with E-state index in [-0.39, 0.29) is 29.6 Å². The molecule has 0 saturated carbocycles. The van der Waals surface area contributed by atoms with Gasteiger partial charge in [0.2, 0.25) is 0 Å². The van der Waals surface area contributed by atoms with Gasteiger partial charge in [0.25, 0.3) is 6.43 Å². The number of nitrogens with zero attached hydrogens (tertiary/aromatic N) is 2. The Morgan fingerprint density at radius 2 is 1.97 bits per heavy atom. The molecule has 4 rings (SSSR count). The number of aliphatic imine (C=N–C) groups is 1. The number of aromatic nitrogens is 1. The Kier molecular flexibility index (Phi) is 8.63. The number of ether oxygens (including phenoxy) is 2. The molecular weight excluding hydrogens is 486 g/mol. The van der Waals surface area contributed by atoms with Gasteiger partial charge < -0.3 is 15.2 Å². The van der Waals surface area contributed by atoms with Crippen LogP contribution >= 0.6 is 0 Å². The maximum atomic E-state index is 13.5. The Balaban J connectivity index is 1.62. The highest BCUT2D eigenvalue weighted by Crippen LogP contribution is 2.41. The number of pyridine rings is 1. The van der Waals surface area contributed by atoms with Gasteiger partial charge >= 0.3 is 0 Å². The van der Waals surface area contributed by atoms with Gasteiger partial charge in [-0.05, 0) is 67.3 Å². The number of alkyl halides is 3. The van der Waals surface area contributed by atoms with Crippen LogP contribution in [0.25, 0.3) is 11.3 Å². The maximum absolute atomic E-state index is 13.5. The number of benzene rings is 2. The molecule has 1 unspecified atom stereocenters. The predicted molar refractivity (Wildman–Crippen MR) is 136 cm³/mol. The molecule has 37 heavy (non-hydrogen) atoms. The lowest BCUT2D eigenvalue weighted by molar-refractivity contribution is 0.0822. The minimum absolute atomic E-state index is 0.153. The molecule has 5 nitrogen and oxygen atoms in total. The summed E-state index contributed by atoms with van der Waals surface area (Å²) < 4.78 is 62.6. The largest absolute Gasteiger partial charge is 0.490 e. The molecule has 0 spiro atoms. The molecule has 1 atom stereocenters. The summed E-state index contributed by atoms with van der Waals surface area (Å²) in [5.74, 6) is 0.725. The monoisotopic (exact) mass is 515 g/mol. The summed E-state index contributed by atoms with van der Waals surface area (Å²) >= 11 is 0. The molecule has 1 aromatic heterocycles. The number of hydrogen-bond donors (Lipinski definition) is 1. The van der Waals surface area contributed by atoms with Crippen molar-refractivity contribution in [3.8, 4) is 22.8 Å². The first kappa shape index (κ1) is 26.4. The van der Waals surface area contributed by atoms with Crippen LogP contribution in [-0.4, -0.2) is 44.1 Å². The zero-order valence-electron chi connectivity index (χ0n) is 20.5. The van der Waals surface area contributed by atoms with Crippen LogP contribution in [0.4, 0.5) is 23.2 Å². The highest BCUT2D eigenvalue weighted by atomic mass is 19.3. The highest BCUT2D eigenvalue weighted by Gasteiger charge is 2.26. The summed E-state index contributed by atoms with van der Waals surface area (Å²) in [6, 6.07) is 11.6. The van der Waals surface area contributed by atoms with Crippen LogP contribution in [0.3, 0.4) is 0 Å². The SMILES string of the molecule is CC1COc2c1cc(CCc1cc(C=NCCCF)c(N)c(OCC(F)F)c1)nc2-c1ccc(F)cc1. The van der Waals surface area contributed by atoms with E-state index in [9.17, 15) is 17.6 Å². The maximum Gasteiger partial charge on any atom is 0.272 e. The van der Waals surface area contributed by atoms with Gasteiger partial charge in [-0.1, -0.05) is 6.92 Å². The molecule has 2 aromatic carbocycles. The molecule has 1 aliphatic heterocycles. The van der Waals surface area contributed by atoms with Gasteiger partial charge in [0, 0.05) is 41.1 Å². The van der Waals surface area contributed by atoms with Crippen LogP contribution in [0.5, 0.6) is 11.5 Å². The number of hydrogen-bond acceptors (Lipinski definition) is 5. The van der Waals surface area contributed by atoms with E-state index < -0.39 is 19.7 Å². The first-order valence-corrected chi connectivity index (χ1v) is 12.2. The van der Waals surface area contributed by atoms with Gasteiger partial charge in [0.15, 0.2) is 0 Å². The second-order valence-corrected chi connectivity index (χ2v) is 8.98. The van der Waals surface area contributed by atoms with E-state index in [0.717, 1.165) is 22.4 Å². The van der Waals surface area contributed by atoms with E-state index in [1.54, 1.807) is 18.2 Å². The number of nitrogens with two attached hydrogens (primary N) is 1. The summed E-state index contributed by atoms with van der Waals surface area (Å²) in [6.45, 7) is 1.65. The predicted octanol–water partition coefficient (Wildman–Crippen LogP) is 6.17. The number of nitrogen functional groups attached to an aromatic ring is 1. The number of aryl methyl sites for hydroxylation is 2. The van der Waals surface area contributed by atoms with E-state index in [4.69, 9.17) is 20.2 Å². The minimum atomic E-state index is -2.64. The Morgan fingerprint density at radius 1 is 1.19 bits per heavy atom. The van der Waals surface area contributed by atoms with Crippen molar-refractivity contribution in [1.82, 2.24) is 4.98 Å². The summed E-state index contributed by atoms with van der Waals surface area (Å²) in [7, 11) is 0. The van der Waals surface area contributed by atoms with Crippen LogP contribution in [0.1, 0.15) is 41.6 Å². The first-order valence-electron chi connectivity index (χ1n) is 12.2. The molecule has 9 heteroatoms. The van der Waals surface area contributed by atoms with Crippen molar-refractivity contribution in [3.63, 3.8) is 0 Å². The number of fused-ring (bicyclic) bond motifs is 1. The van der Waals surface area contributed by atoms with Crippen molar-refractivity contribution in [2.75, 3.05) is 32.2 Å². The average molecular weight is 516 g/mol. The van der Waals surface area contributed by atoms with E-state index >= 15 is 0 Å². The molecule has 2 heterocycles. The Labute approximate surface area is 213 Å². The number of rotatable bonds is 11. The van der Waals surface area contributed by atoms with Crippen molar-refractivity contribution in [2.45, 2.75) is 38.5 Å². The van der Waals surface area contributed by atoms with Crippen molar-refractivity contribution >= 4 is 11.9 Å². The Morgan fingerprint density at radius 3 is 2.70 bits per heavy atom. The van der Waals surface area contributed by atoms with Crippen LogP contribution in [0, 0.1) is 5.82 Å². The van der Waals surface area contributed by atoms with Gasteiger partial charge in [-0.2, -0.15) is 0 Å². The quantitative estimate of drug-likeness (QED) is 0.143. The van der Waals surface area contributed by atoms with Crippen LogP contribution in [-0.2, 0) is 12.8 Å².